The van der Waals surface area contributed by atoms with E-state index < -0.39 is 6.10 Å². The van der Waals surface area contributed by atoms with Crippen molar-refractivity contribution in [1.29, 1.82) is 0 Å². The van der Waals surface area contributed by atoms with Gasteiger partial charge in [0, 0.05) is 22.4 Å². The molecular formula is C14H16N2O3S2. The second-order valence-electron chi connectivity index (χ2n) is 5.19. The first kappa shape index (κ1) is 14.5. The summed E-state index contributed by atoms with van der Waals surface area (Å²) >= 11 is 3.07. The van der Waals surface area contributed by atoms with Gasteiger partial charge in [-0.1, -0.05) is 0 Å². The summed E-state index contributed by atoms with van der Waals surface area (Å²) in [6, 6.07) is 3.73. The molecular weight excluding hydrogens is 308 g/mol. The van der Waals surface area contributed by atoms with E-state index in [1.165, 1.54) is 27.8 Å². The van der Waals surface area contributed by atoms with Gasteiger partial charge >= 0.3 is 5.69 Å². The van der Waals surface area contributed by atoms with Gasteiger partial charge in [-0.15, -0.1) is 22.7 Å². The zero-order valence-electron chi connectivity index (χ0n) is 11.8. The molecule has 2 aromatic rings. The Bertz CT molecular complexity index is 678. The molecule has 2 atom stereocenters. The molecule has 0 bridgehead atoms. The average molecular weight is 324 g/mol. The van der Waals surface area contributed by atoms with Crippen LogP contribution in [0.2, 0.25) is 0 Å². The standard InChI is InChI=1S/C14H16N2O3S2/c1-8-10-4-6-20-12(10)3-5-15(8)14-11(16(18)19)7-13(21-14)9(2)17/h4,6-9,17H,3,5H2,1-2H3/t8?,9-/m0/s1. The lowest BCUT2D eigenvalue weighted by molar-refractivity contribution is -0.383. The minimum atomic E-state index is -0.681. The number of hydrogen-bond donors (Lipinski definition) is 1. The van der Waals surface area contributed by atoms with Crippen molar-refractivity contribution in [1.82, 2.24) is 0 Å². The molecule has 0 spiro atoms. The van der Waals surface area contributed by atoms with E-state index >= 15 is 0 Å². The van der Waals surface area contributed by atoms with Gasteiger partial charge in [0.25, 0.3) is 0 Å². The molecule has 0 amide bonds. The van der Waals surface area contributed by atoms with Crippen LogP contribution < -0.4 is 4.90 Å². The summed E-state index contributed by atoms with van der Waals surface area (Å²) in [6.07, 6.45) is 0.232. The SMILES string of the molecule is CC1c2ccsc2CCN1c1sc([C@H](C)O)cc1[N+](=O)[O-]. The molecule has 0 aliphatic carbocycles. The Morgan fingerprint density at radius 2 is 2.33 bits per heavy atom. The molecule has 1 aliphatic heterocycles. The third-order valence-electron chi connectivity index (χ3n) is 3.86. The lowest BCUT2D eigenvalue weighted by atomic mass is 10.0. The average Bonchev–Trinajstić information content (AvgIpc) is 3.05. The molecule has 1 unspecified atom stereocenters. The van der Waals surface area contributed by atoms with Gasteiger partial charge in [0.15, 0.2) is 5.00 Å². The molecule has 2 aromatic heterocycles. The molecule has 7 heteroatoms. The smallest absolute Gasteiger partial charge is 0.304 e. The topological polar surface area (TPSA) is 66.6 Å². The summed E-state index contributed by atoms with van der Waals surface area (Å²) in [7, 11) is 0. The van der Waals surface area contributed by atoms with E-state index in [0.29, 0.717) is 9.88 Å². The van der Waals surface area contributed by atoms with Crippen LogP contribution in [-0.2, 0) is 6.42 Å². The lowest BCUT2D eigenvalue weighted by Crippen LogP contribution is -2.32. The normalized spacial score (nSPS) is 19.4. The minimum absolute atomic E-state index is 0.0985. The molecule has 21 heavy (non-hydrogen) atoms. The second kappa shape index (κ2) is 5.40. The molecule has 3 rings (SSSR count). The van der Waals surface area contributed by atoms with Crippen LogP contribution in [0.4, 0.5) is 10.7 Å². The summed E-state index contributed by atoms with van der Waals surface area (Å²) in [5, 5.41) is 23.7. The fourth-order valence-corrected chi connectivity index (χ4v) is 4.85. The second-order valence-corrected chi connectivity index (χ2v) is 7.25. The first-order chi connectivity index (χ1) is 9.99. The summed E-state index contributed by atoms with van der Waals surface area (Å²) in [4.78, 5) is 15.1. The number of aliphatic hydroxyl groups is 1. The maximum Gasteiger partial charge on any atom is 0.304 e. The Morgan fingerprint density at radius 1 is 1.57 bits per heavy atom. The number of nitrogens with zero attached hydrogens (tertiary/aromatic N) is 2. The molecule has 3 heterocycles. The highest BCUT2D eigenvalue weighted by Crippen LogP contribution is 2.45. The quantitative estimate of drug-likeness (QED) is 0.687. The van der Waals surface area contributed by atoms with Gasteiger partial charge in [0.2, 0.25) is 0 Å². The summed E-state index contributed by atoms with van der Waals surface area (Å²) in [5.74, 6) is 0. The van der Waals surface area contributed by atoms with Crippen LogP contribution in [-0.4, -0.2) is 16.6 Å². The van der Waals surface area contributed by atoms with Crippen LogP contribution in [0.3, 0.4) is 0 Å². The van der Waals surface area contributed by atoms with Crippen molar-refractivity contribution in [3.05, 3.63) is 42.9 Å². The maximum absolute atomic E-state index is 11.3. The van der Waals surface area contributed by atoms with Crippen molar-refractivity contribution in [2.75, 3.05) is 11.4 Å². The van der Waals surface area contributed by atoms with Crippen molar-refractivity contribution in [3.63, 3.8) is 0 Å². The zero-order chi connectivity index (χ0) is 15.1. The predicted molar refractivity (Wildman–Crippen MR) is 85.4 cm³/mol. The molecule has 0 saturated heterocycles. The van der Waals surface area contributed by atoms with Crippen LogP contribution >= 0.6 is 22.7 Å². The summed E-state index contributed by atoms with van der Waals surface area (Å²) < 4.78 is 0. The fraction of sp³-hybridized carbons (Fsp3) is 0.429. The van der Waals surface area contributed by atoms with Gasteiger partial charge in [-0.25, -0.2) is 0 Å². The van der Waals surface area contributed by atoms with Gasteiger partial charge < -0.3 is 10.0 Å². The first-order valence-electron chi connectivity index (χ1n) is 6.78. The highest BCUT2D eigenvalue weighted by Gasteiger charge is 2.32. The maximum atomic E-state index is 11.3. The number of anilines is 1. The number of nitro groups is 1. The predicted octanol–water partition coefficient (Wildman–Crippen LogP) is 3.89. The van der Waals surface area contributed by atoms with Crippen LogP contribution in [0.5, 0.6) is 0 Å². The molecule has 0 saturated carbocycles. The van der Waals surface area contributed by atoms with Crippen molar-refractivity contribution >= 4 is 33.4 Å². The van der Waals surface area contributed by atoms with Crippen LogP contribution in [0.15, 0.2) is 17.5 Å². The Kier molecular flexibility index (Phi) is 3.73. The Balaban J connectivity index is 2.02. The molecule has 0 fully saturated rings. The largest absolute Gasteiger partial charge is 0.388 e. The van der Waals surface area contributed by atoms with E-state index in [9.17, 15) is 15.2 Å². The van der Waals surface area contributed by atoms with E-state index in [0.717, 1.165) is 13.0 Å². The summed E-state index contributed by atoms with van der Waals surface area (Å²) in [6.45, 7) is 4.49. The summed E-state index contributed by atoms with van der Waals surface area (Å²) in [5.41, 5.74) is 1.36. The van der Waals surface area contributed by atoms with Crippen molar-refractivity contribution in [2.24, 2.45) is 0 Å². The van der Waals surface area contributed by atoms with Crippen LogP contribution in [0, 0.1) is 10.1 Å². The van der Waals surface area contributed by atoms with E-state index in [1.807, 2.05) is 0 Å². The molecule has 1 N–H and O–H groups in total. The Morgan fingerprint density at radius 3 is 3.00 bits per heavy atom. The number of hydrogen-bond acceptors (Lipinski definition) is 6. The number of fused-ring (bicyclic) bond motifs is 1. The van der Waals surface area contributed by atoms with E-state index in [-0.39, 0.29) is 16.7 Å². The van der Waals surface area contributed by atoms with Crippen molar-refractivity contribution in [3.8, 4) is 0 Å². The Labute approximate surface area is 130 Å². The van der Waals surface area contributed by atoms with Gasteiger partial charge in [-0.05, 0) is 37.3 Å². The third kappa shape index (κ3) is 2.45. The molecule has 5 nitrogen and oxygen atoms in total. The molecule has 0 radical (unpaired) electrons. The van der Waals surface area contributed by atoms with E-state index in [2.05, 4.69) is 23.3 Å². The fourth-order valence-electron chi connectivity index (χ4n) is 2.72. The molecule has 112 valence electrons. The minimum Gasteiger partial charge on any atom is -0.388 e. The highest BCUT2D eigenvalue weighted by molar-refractivity contribution is 7.16. The van der Waals surface area contributed by atoms with Crippen LogP contribution in [0.1, 0.15) is 41.3 Å². The monoisotopic (exact) mass is 324 g/mol. The van der Waals surface area contributed by atoms with Crippen molar-refractivity contribution in [2.45, 2.75) is 32.4 Å². The lowest BCUT2D eigenvalue weighted by Gasteiger charge is -2.33. The Hall–Kier alpha value is -1.44. The van der Waals surface area contributed by atoms with Crippen LogP contribution in [0.25, 0.3) is 0 Å². The van der Waals surface area contributed by atoms with E-state index in [4.69, 9.17) is 0 Å². The van der Waals surface area contributed by atoms with Gasteiger partial charge in [0.1, 0.15) is 0 Å². The number of thiophene rings is 2. The zero-order valence-corrected chi connectivity index (χ0v) is 13.4. The highest BCUT2D eigenvalue weighted by atomic mass is 32.1. The third-order valence-corrected chi connectivity index (χ3v) is 6.19. The van der Waals surface area contributed by atoms with E-state index in [1.54, 1.807) is 18.3 Å². The van der Waals surface area contributed by atoms with Gasteiger partial charge in [0.05, 0.1) is 17.1 Å². The molecule has 1 aliphatic rings. The van der Waals surface area contributed by atoms with Gasteiger partial charge in [-0.3, -0.25) is 10.1 Å². The van der Waals surface area contributed by atoms with Gasteiger partial charge in [-0.2, -0.15) is 0 Å². The number of rotatable bonds is 3. The van der Waals surface area contributed by atoms with Crippen molar-refractivity contribution < 1.29 is 10.0 Å². The molecule has 0 aromatic carbocycles. The number of aliphatic hydroxyl groups excluding tert-OH is 1. The first-order valence-corrected chi connectivity index (χ1v) is 8.47.